The molecule has 0 heterocycles. The summed E-state index contributed by atoms with van der Waals surface area (Å²) in [4.78, 5) is 12.4. The number of fused-ring (bicyclic) bond motifs is 1. The third-order valence-corrected chi connectivity index (χ3v) is 7.24. The van der Waals surface area contributed by atoms with Crippen molar-refractivity contribution in [1.29, 1.82) is 0 Å². The van der Waals surface area contributed by atoms with Crippen LogP contribution >= 0.6 is 0 Å². The number of phenolic OH excluding ortho intramolecular Hbond substituents is 1. The number of rotatable bonds is 8. The number of anilines is 1. The number of amides is 1. The Hall–Kier alpha value is -3.34. The fourth-order valence-electron chi connectivity index (χ4n) is 5.20. The van der Waals surface area contributed by atoms with E-state index in [0.717, 1.165) is 31.4 Å². The summed E-state index contributed by atoms with van der Waals surface area (Å²) in [5, 5.41) is 16.4. The number of hydrogen-bond donors (Lipinski definition) is 3. The summed E-state index contributed by atoms with van der Waals surface area (Å²) in [6.07, 6.45) is 3.82. The summed E-state index contributed by atoms with van der Waals surface area (Å²) in [5.41, 5.74) is 8.07. The smallest absolute Gasteiger partial charge is 0.255 e. The molecule has 4 nitrogen and oxygen atoms in total. The Morgan fingerprint density at radius 2 is 1.83 bits per heavy atom. The Balaban J connectivity index is 1.42. The molecule has 1 atom stereocenters. The Kier molecular flexibility index (Phi) is 7.15. The maximum Gasteiger partial charge on any atom is 0.255 e. The van der Waals surface area contributed by atoms with Gasteiger partial charge in [-0.15, -0.1) is 0 Å². The highest BCUT2D eigenvalue weighted by Crippen LogP contribution is 2.40. The molecule has 184 valence electrons. The van der Waals surface area contributed by atoms with Gasteiger partial charge in [-0.25, -0.2) is 4.39 Å². The van der Waals surface area contributed by atoms with Crippen molar-refractivity contribution in [3.8, 4) is 5.75 Å². The van der Waals surface area contributed by atoms with E-state index >= 15 is 0 Å². The molecule has 0 fully saturated rings. The van der Waals surface area contributed by atoms with Crippen molar-refractivity contribution in [2.75, 3.05) is 11.9 Å². The molecule has 3 aromatic carbocycles. The average molecular weight is 475 g/mol. The zero-order valence-electron chi connectivity index (χ0n) is 21.0. The van der Waals surface area contributed by atoms with Gasteiger partial charge in [0.25, 0.3) is 5.91 Å². The lowest BCUT2D eigenvalue weighted by Gasteiger charge is -2.28. The van der Waals surface area contributed by atoms with Gasteiger partial charge < -0.3 is 15.7 Å². The fourth-order valence-corrected chi connectivity index (χ4v) is 5.20. The second-order valence-electron chi connectivity index (χ2n) is 10.5. The van der Waals surface area contributed by atoms with Crippen molar-refractivity contribution >= 4 is 11.6 Å². The van der Waals surface area contributed by atoms with Gasteiger partial charge in [0.15, 0.2) is 0 Å². The Morgan fingerprint density at radius 3 is 2.54 bits per heavy atom. The van der Waals surface area contributed by atoms with Crippen LogP contribution in [0.4, 0.5) is 10.1 Å². The third kappa shape index (κ3) is 5.67. The molecule has 0 saturated heterocycles. The number of aryl methyl sites for hydroxylation is 1. The molecule has 1 aliphatic rings. The lowest BCUT2D eigenvalue weighted by Crippen LogP contribution is -2.29. The first-order valence-electron chi connectivity index (χ1n) is 12.3. The SMILES string of the molecule is Cc1cc2c(c(C)c1CC(C)(C)CCNC(=O)c1ccccc1O)CCC2Nc1ccc(F)cc1. The van der Waals surface area contributed by atoms with E-state index in [4.69, 9.17) is 0 Å². The molecule has 0 aliphatic heterocycles. The normalized spacial score (nSPS) is 15.1. The number of benzene rings is 3. The van der Waals surface area contributed by atoms with Gasteiger partial charge in [-0.05, 0) is 109 Å². The van der Waals surface area contributed by atoms with Crippen molar-refractivity contribution in [2.24, 2.45) is 5.41 Å². The number of carbonyl (C=O) groups is 1. The summed E-state index contributed by atoms with van der Waals surface area (Å²) in [7, 11) is 0. The number of hydrogen-bond acceptors (Lipinski definition) is 3. The van der Waals surface area contributed by atoms with Crippen LogP contribution < -0.4 is 10.6 Å². The molecule has 1 aliphatic carbocycles. The van der Waals surface area contributed by atoms with Crippen molar-refractivity contribution in [3.63, 3.8) is 0 Å². The van der Waals surface area contributed by atoms with Crippen molar-refractivity contribution < 1.29 is 14.3 Å². The average Bonchev–Trinajstić information content (AvgIpc) is 3.20. The van der Waals surface area contributed by atoms with Crippen LogP contribution in [0.3, 0.4) is 0 Å². The van der Waals surface area contributed by atoms with Gasteiger partial charge in [-0.2, -0.15) is 0 Å². The van der Waals surface area contributed by atoms with Crippen LogP contribution in [-0.2, 0) is 12.8 Å². The Labute approximate surface area is 207 Å². The number of carbonyl (C=O) groups excluding carboxylic acids is 1. The Bertz CT molecular complexity index is 1220. The molecular weight excluding hydrogens is 439 g/mol. The standard InChI is InChI=1S/C30H35FN2O2/c1-19-17-25-23(13-14-27(25)33-22-11-9-21(31)10-12-22)20(2)26(19)18-30(3,4)15-16-32-29(35)24-7-5-6-8-28(24)34/h5-12,17,27,33-34H,13-16,18H2,1-4H3,(H,32,35). The van der Waals surface area contributed by atoms with Crippen molar-refractivity contribution in [2.45, 2.75) is 59.4 Å². The zero-order chi connectivity index (χ0) is 25.2. The molecule has 0 saturated carbocycles. The fraction of sp³-hybridized carbons (Fsp3) is 0.367. The number of aromatic hydroxyl groups is 1. The highest BCUT2D eigenvalue weighted by Gasteiger charge is 2.28. The second kappa shape index (κ2) is 10.1. The van der Waals surface area contributed by atoms with Crippen LogP contribution in [0.1, 0.15) is 70.9 Å². The molecule has 5 heteroatoms. The van der Waals surface area contributed by atoms with Crippen molar-refractivity contribution in [3.05, 3.63) is 93.8 Å². The minimum atomic E-state index is -0.247. The molecule has 0 spiro atoms. The van der Waals surface area contributed by atoms with E-state index in [1.54, 1.807) is 30.3 Å². The van der Waals surface area contributed by atoms with Gasteiger partial charge >= 0.3 is 0 Å². The predicted molar refractivity (Wildman–Crippen MR) is 140 cm³/mol. The summed E-state index contributed by atoms with van der Waals surface area (Å²) < 4.78 is 13.3. The van der Waals surface area contributed by atoms with E-state index in [1.165, 1.54) is 46.0 Å². The van der Waals surface area contributed by atoms with Crippen LogP contribution in [-0.4, -0.2) is 17.6 Å². The van der Waals surface area contributed by atoms with Gasteiger partial charge in [0.1, 0.15) is 11.6 Å². The van der Waals surface area contributed by atoms with Gasteiger partial charge in [0, 0.05) is 12.2 Å². The first kappa shape index (κ1) is 24.8. The largest absolute Gasteiger partial charge is 0.507 e. The van der Waals surface area contributed by atoms with E-state index in [1.807, 2.05) is 0 Å². The molecule has 0 radical (unpaired) electrons. The third-order valence-electron chi connectivity index (χ3n) is 7.24. The number of halogens is 1. The molecule has 1 unspecified atom stereocenters. The molecule has 35 heavy (non-hydrogen) atoms. The topological polar surface area (TPSA) is 61.4 Å². The van der Waals surface area contributed by atoms with E-state index in [2.05, 4.69) is 44.4 Å². The van der Waals surface area contributed by atoms with Crippen LogP contribution in [0.5, 0.6) is 5.75 Å². The minimum Gasteiger partial charge on any atom is -0.507 e. The van der Waals surface area contributed by atoms with E-state index < -0.39 is 0 Å². The zero-order valence-corrected chi connectivity index (χ0v) is 21.0. The molecular formula is C30H35FN2O2. The summed E-state index contributed by atoms with van der Waals surface area (Å²) in [6.45, 7) is 9.45. The highest BCUT2D eigenvalue weighted by molar-refractivity contribution is 5.96. The van der Waals surface area contributed by atoms with E-state index in [9.17, 15) is 14.3 Å². The van der Waals surface area contributed by atoms with Crippen LogP contribution in [0, 0.1) is 25.1 Å². The van der Waals surface area contributed by atoms with Crippen LogP contribution in [0.2, 0.25) is 0 Å². The first-order chi connectivity index (χ1) is 16.6. The van der Waals surface area contributed by atoms with Gasteiger partial charge in [0.2, 0.25) is 0 Å². The van der Waals surface area contributed by atoms with E-state index in [-0.39, 0.29) is 28.9 Å². The predicted octanol–water partition coefficient (Wildman–Crippen LogP) is 6.64. The monoisotopic (exact) mass is 474 g/mol. The molecule has 3 aromatic rings. The van der Waals surface area contributed by atoms with Gasteiger partial charge in [0.05, 0.1) is 11.6 Å². The maximum atomic E-state index is 13.3. The van der Waals surface area contributed by atoms with E-state index in [0.29, 0.717) is 12.1 Å². The number of para-hydroxylation sites is 1. The summed E-state index contributed by atoms with van der Waals surface area (Å²) in [5.74, 6) is -0.469. The lowest BCUT2D eigenvalue weighted by atomic mass is 9.79. The van der Waals surface area contributed by atoms with Crippen LogP contribution in [0.15, 0.2) is 54.6 Å². The Morgan fingerprint density at radius 1 is 1.11 bits per heavy atom. The van der Waals surface area contributed by atoms with Gasteiger partial charge in [-0.3, -0.25) is 4.79 Å². The number of phenols is 1. The molecule has 0 aromatic heterocycles. The van der Waals surface area contributed by atoms with Crippen molar-refractivity contribution in [1.82, 2.24) is 5.32 Å². The lowest BCUT2D eigenvalue weighted by molar-refractivity contribution is 0.0946. The number of nitrogens with one attached hydrogen (secondary N) is 2. The molecule has 1 amide bonds. The quantitative estimate of drug-likeness (QED) is 0.343. The summed E-state index contributed by atoms with van der Waals surface area (Å²) >= 11 is 0. The minimum absolute atomic E-state index is 0.000135. The highest BCUT2D eigenvalue weighted by atomic mass is 19.1. The first-order valence-corrected chi connectivity index (χ1v) is 12.3. The molecule has 3 N–H and O–H groups in total. The molecule has 4 rings (SSSR count). The van der Waals surface area contributed by atoms with Gasteiger partial charge in [-0.1, -0.05) is 32.0 Å². The summed E-state index contributed by atoms with van der Waals surface area (Å²) in [6, 6.07) is 15.7. The second-order valence-corrected chi connectivity index (χ2v) is 10.5. The maximum absolute atomic E-state index is 13.3. The molecule has 0 bridgehead atoms. The van der Waals surface area contributed by atoms with Crippen LogP contribution in [0.25, 0.3) is 0 Å².